The molecule has 20 heavy (non-hydrogen) atoms. The van der Waals surface area contributed by atoms with Gasteiger partial charge >= 0.3 is 5.97 Å². The molecular weight excluding hydrogens is 278 g/mol. The minimum absolute atomic E-state index is 0.0153. The molecule has 1 aromatic carbocycles. The summed E-state index contributed by atoms with van der Waals surface area (Å²) in [5, 5.41) is 0. The first-order chi connectivity index (χ1) is 9.44. The smallest absolute Gasteiger partial charge is 0.317 e. The summed E-state index contributed by atoms with van der Waals surface area (Å²) < 4.78 is 31.2. The van der Waals surface area contributed by atoms with Crippen LogP contribution in [-0.2, 0) is 4.79 Å². The summed E-state index contributed by atoms with van der Waals surface area (Å²) >= 11 is 0. The van der Waals surface area contributed by atoms with Crippen LogP contribution in [0.4, 0.5) is 8.78 Å². The number of carbonyl (C=O) groups is 1. The van der Waals surface area contributed by atoms with Gasteiger partial charge in [0.2, 0.25) is 0 Å². The second kappa shape index (κ2) is 6.04. The standard InChI is InChI=1S/C15H20F2O2Si/c1-15(7-5-11(20-2)6-8-15)14(18)19-10-3-4-12(16)13(17)9-10/h3-4,9,11H,5-8,20H2,1-2H3/t11-,15-. The molecule has 2 nitrogen and oxygen atoms in total. The van der Waals surface area contributed by atoms with Crippen LogP contribution in [0.1, 0.15) is 32.6 Å². The highest BCUT2D eigenvalue weighted by atomic mass is 28.2. The van der Waals surface area contributed by atoms with Crippen LogP contribution in [0.3, 0.4) is 0 Å². The molecule has 1 aliphatic rings. The van der Waals surface area contributed by atoms with Gasteiger partial charge in [-0.1, -0.05) is 24.9 Å². The molecule has 0 unspecified atom stereocenters. The van der Waals surface area contributed by atoms with Crippen molar-refractivity contribution in [2.75, 3.05) is 0 Å². The largest absolute Gasteiger partial charge is 0.426 e. The Balaban J connectivity index is 2.02. The van der Waals surface area contributed by atoms with E-state index >= 15 is 0 Å². The van der Waals surface area contributed by atoms with E-state index in [2.05, 4.69) is 6.55 Å². The molecule has 110 valence electrons. The van der Waals surface area contributed by atoms with Gasteiger partial charge in [0.15, 0.2) is 11.6 Å². The van der Waals surface area contributed by atoms with Gasteiger partial charge in [0.25, 0.3) is 0 Å². The van der Waals surface area contributed by atoms with Crippen molar-refractivity contribution in [1.82, 2.24) is 0 Å². The number of hydrogen-bond acceptors (Lipinski definition) is 2. The number of hydrogen-bond donors (Lipinski definition) is 0. The van der Waals surface area contributed by atoms with E-state index in [0.717, 1.165) is 43.4 Å². The molecule has 0 saturated heterocycles. The predicted octanol–water partition coefficient (Wildman–Crippen LogP) is 3.46. The Morgan fingerprint density at radius 3 is 2.50 bits per heavy atom. The zero-order chi connectivity index (χ0) is 14.8. The zero-order valence-corrected chi connectivity index (χ0v) is 13.3. The molecule has 0 amide bonds. The summed E-state index contributed by atoms with van der Waals surface area (Å²) in [4.78, 5) is 12.3. The van der Waals surface area contributed by atoms with Crippen molar-refractivity contribution in [2.45, 2.75) is 44.7 Å². The van der Waals surface area contributed by atoms with Gasteiger partial charge in [-0.25, -0.2) is 8.78 Å². The van der Waals surface area contributed by atoms with E-state index in [-0.39, 0.29) is 21.2 Å². The fourth-order valence-electron chi connectivity index (χ4n) is 2.70. The summed E-state index contributed by atoms with van der Waals surface area (Å²) in [6, 6.07) is 3.17. The van der Waals surface area contributed by atoms with Crippen LogP contribution in [0.15, 0.2) is 18.2 Å². The van der Waals surface area contributed by atoms with Gasteiger partial charge in [-0.05, 0) is 31.9 Å². The van der Waals surface area contributed by atoms with E-state index in [0.29, 0.717) is 0 Å². The Bertz CT molecular complexity index is 497. The molecule has 0 bridgehead atoms. The summed E-state index contributed by atoms with van der Waals surface area (Å²) in [6.45, 7) is 4.20. The fraction of sp³-hybridized carbons (Fsp3) is 0.533. The van der Waals surface area contributed by atoms with Crippen molar-refractivity contribution in [3.8, 4) is 5.75 Å². The monoisotopic (exact) mass is 298 g/mol. The Kier molecular flexibility index (Phi) is 4.58. The molecular formula is C15H20F2O2Si. The minimum atomic E-state index is -0.999. The van der Waals surface area contributed by atoms with Crippen LogP contribution in [-0.4, -0.2) is 15.5 Å². The highest BCUT2D eigenvalue weighted by molar-refractivity contribution is 6.35. The molecule has 0 spiro atoms. The van der Waals surface area contributed by atoms with Crippen LogP contribution in [0.2, 0.25) is 12.1 Å². The SMILES string of the molecule is C[SiH2][C@H]1CC[C@](C)(C(=O)Oc2ccc(F)c(F)c2)CC1. The highest BCUT2D eigenvalue weighted by Gasteiger charge is 2.38. The molecule has 1 aliphatic carbocycles. The lowest BCUT2D eigenvalue weighted by molar-refractivity contribution is -0.146. The third-order valence-corrected chi connectivity index (χ3v) is 6.35. The summed E-state index contributed by atoms with van der Waals surface area (Å²) in [7, 11) is -0.0153. The van der Waals surface area contributed by atoms with Crippen molar-refractivity contribution < 1.29 is 18.3 Å². The second-order valence-corrected chi connectivity index (χ2v) is 7.85. The first-order valence-corrected chi connectivity index (χ1v) is 9.35. The molecule has 0 atom stereocenters. The van der Waals surface area contributed by atoms with Crippen molar-refractivity contribution in [1.29, 1.82) is 0 Å². The molecule has 1 aromatic rings. The van der Waals surface area contributed by atoms with Crippen LogP contribution in [0.25, 0.3) is 0 Å². The number of halogens is 2. The summed E-state index contributed by atoms with van der Waals surface area (Å²) in [5.74, 6) is -2.20. The number of esters is 1. The zero-order valence-electron chi connectivity index (χ0n) is 11.9. The molecule has 0 aromatic heterocycles. The van der Waals surface area contributed by atoms with Crippen LogP contribution in [0.5, 0.6) is 5.75 Å². The van der Waals surface area contributed by atoms with Crippen LogP contribution < -0.4 is 4.74 Å². The van der Waals surface area contributed by atoms with E-state index in [4.69, 9.17) is 4.74 Å². The van der Waals surface area contributed by atoms with Crippen LogP contribution >= 0.6 is 0 Å². The predicted molar refractivity (Wildman–Crippen MR) is 76.7 cm³/mol. The Morgan fingerprint density at radius 2 is 1.95 bits per heavy atom. The van der Waals surface area contributed by atoms with Crippen molar-refractivity contribution in [2.24, 2.45) is 5.41 Å². The molecule has 0 aliphatic heterocycles. The fourth-order valence-corrected chi connectivity index (χ4v) is 3.92. The summed E-state index contributed by atoms with van der Waals surface area (Å²) in [6.07, 6.45) is 3.79. The Labute approximate surface area is 120 Å². The first-order valence-electron chi connectivity index (χ1n) is 7.12. The highest BCUT2D eigenvalue weighted by Crippen LogP contribution is 2.41. The Morgan fingerprint density at radius 1 is 1.30 bits per heavy atom. The molecule has 1 fully saturated rings. The number of benzene rings is 1. The van der Waals surface area contributed by atoms with Crippen LogP contribution in [0, 0.1) is 17.0 Å². The third-order valence-electron chi connectivity index (χ3n) is 4.38. The van der Waals surface area contributed by atoms with Crippen molar-refractivity contribution in [3.63, 3.8) is 0 Å². The van der Waals surface area contributed by atoms with Gasteiger partial charge in [0, 0.05) is 15.6 Å². The minimum Gasteiger partial charge on any atom is -0.426 e. The van der Waals surface area contributed by atoms with Gasteiger partial charge in [-0.15, -0.1) is 0 Å². The molecule has 0 heterocycles. The van der Waals surface area contributed by atoms with Gasteiger partial charge in [-0.2, -0.15) is 0 Å². The lowest BCUT2D eigenvalue weighted by Gasteiger charge is -2.34. The van der Waals surface area contributed by atoms with E-state index in [1.165, 1.54) is 6.07 Å². The molecule has 2 rings (SSSR count). The van der Waals surface area contributed by atoms with Gasteiger partial charge in [0.05, 0.1) is 5.41 Å². The first kappa shape index (κ1) is 15.2. The maximum absolute atomic E-state index is 13.1. The number of carbonyl (C=O) groups excluding carboxylic acids is 1. The van der Waals surface area contributed by atoms with Gasteiger partial charge in [0.1, 0.15) is 5.75 Å². The molecule has 0 radical (unpaired) electrons. The van der Waals surface area contributed by atoms with E-state index in [9.17, 15) is 13.6 Å². The van der Waals surface area contributed by atoms with E-state index in [1.807, 2.05) is 6.92 Å². The van der Waals surface area contributed by atoms with Gasteiger partial charge < -0.3 is 4.74 Å². The number of ether oxygens (including phenoxy) is 1. The van der Waals surface area contributed by atoms with E-state index < -0.39 is 17.0 Å². The summed E-state index contributed by atoms with van der Waals surface area (Å²) in [5.41, 5.74) is 0.324. The molecule has 0 N–H and O–H groups in total. The Hall–Kier alpha value is -1.23. The van der Waals surface area contributed by atoms with Crippen molar-refractivity contribution >= 4 is 15.5 Å². The average molecular weight is 298 g/mol. The number of rotatable bonds is 3. The maximum Gasteiger partial charge on any atom is 0.317 e. The third kappa shape index (κ3) is 3.26. The normalized spacial score (nSPS) is 26.9. The topological polar surface area (TPSA) is 26.3 Å². The second-order valence-electron chi connectivity index (χ2n) is 5.88. The van der Waals surface area contributed by atoms with Crippen molar-refractivity contribution in [3.05, 3.63) is 29.8 Å². The average Bonchev–Trinajstić information content (AvgIpc) is 2.44. The lowest BCUT2D eigenvalue weighted by Crippen LogP contribution is -2.35. The van der Waals surface area contributed by atoms with Gasteiger partial charge in [-0.3, -0.25) is 4.79 Å². The molecule has 5 heteroatoms. The van der Waals surface area contributed by atoms with E-state index in [1.54, 1.807) is 0 Å². The lowest BCUT2D eigenvalue weighted by atomic mass is 9.75. The quantitative estimate of drug-likeness (QED) is 0.485. The molecule has 1 saturated carbocycles. The maximum atomic E-state index is 13.1.